The zero-order valence-electron chi connectivity index (χ0n) is 11.4. The molecule has 9 heteroatoms. The van der Waals surface area contributed by atoms with Crippen molar-refractivity contribution in [2.24, 2.45) is 5.10 Å². The first-order chi connectivity index (χ1) is 11.0. The second kappa shape index (κ2) is 5.84. The highest BCUT2D eigenvalue weighted by molar-refractivity contribution is 7.71. The third-order valence-electron chi connectivity index (χ3n) is 2.97. The monoisotopic (exact) mass is 338 g/mol. The standard InChI is InChI=1S/C14H9F3N4OS/c15-14(16,17)10-5-2-1-4-9(10)8-18-21-12(19-20-13(21)23)11-6-3-7-22-11/h1-8H,(H,20,23)/b18-8+. The lowest BCUT2D eigenvalue weighted by Crippen LogP contribution is -2.09. The Hall–Kier alpha value is -2.68. The maximum atomic E-state index is 13.0. The first-order valence-corrected chi connectivity index (χ1v) is 6.79. The zero-order valence-corrected chi connectivity index (χ0v) is 12.2. The highest BCUT2D eigenvalue weighted by atomic mass is 32.1. The molecule has 0 radical (unpaired) electrons. The average Bonchev–Trinajstić information content (AvgIpc) is 3.14. The molecule has 5 nitrogen and oxygen atoms in total. The Kier molecular flexibility index (Phi) is 3.87. The molecule has 0 bridgehead atoms. The average molecular weight is 338 g/mol. The van der Waals surface area contributed by atoms with Crippen molar-refractivity contribution in [2.75, 3.05) is 0 Å². The fraction of sp³-hybridized carbons (Fsp3) is 0.0714. The van der Waals surface area contributed by atoms with Crippen molar-refractivity contribution in [1.29, 1.82) is 0 Å². The number of aromatic nitrogens is 3. The van der Waals surface area contributed by atoms with Gasteiger partial charge in [-0.25, -0.2) is 5.10 Å². The first-order valence-electron chi connectivity index (χ1n) is 6.38. The highest BCUT2D eigenvalue weighted by Crippen LogP contribution is 2.31. The Balaban J connectivity index is 2.03. The number of hydrogen-bond acceptors (Lipinski definition) is 4. The van der Waals surface area contributed by atoms with Gasteiger partial charge in [0, 0.05) is 5.56 Å². The maximum Gasteiger partial charge on any atom is 0.417 e. The summed E-state index contributed by atoms with van der Waals surface area (Å²) < 4.78 is 45.5. The molecule has 0 saturated carbocycles. The van der Waals surface area contributed by atoms with E-state index in [9.17, 15) is 13.2 Å². The minimum atomic E-state index is -4.47. The molecule has 0 atom stereocenters. The molecular weight excluding hydrogens is 329 g/mol. The number of benzene rings is 1. The maximum absolute atomic E-state index is 13.0. The van der Waals surface area contributed by atoms with Crippen LogP contribution in [0.3, 0.4) is 0 Å². The SMILES string of the molecule is FC(F)(F)c1ccccc1/C=N/n1c(-c2ccco2)n[nH]c1=S. The van der Waals surface area contributed by atoms with E-state index in [-0.39, 0.29) is 16.2 Å². The predicted octanol–water partition coefficient (Wildman–Crippen LogP) is 4.10. The fourth-order valence-corrected chi connectivity index (χ4v) is 2.13. The van der Waals surface area contributed by atoms with Crippen LogP contribution in [0.25, 0.3) is 11.6 Å². The molecule has 0 unspecified atom stereocenters. The number of rotatable bonds is 3. The van der Waals surface area contributed by atoms with E-state index in [1.54, 1.807) is 12.1 Å². The summed E-state index contributed by atoms with van der Waals surface area (Å²) in [6.45, 7) is 0. The molecule has 0 aliphatic heterocycles. The number of H-pyrrole nitrogens is 1. The minimum absolute atomic E-state index is 0.0755. The number of halogens is 3. The van der Waals surface area contributed by atoms with Crippen molar-refractivity contribution >= 4 is 18.4 Å². The van der Waals surface area contributed by atoms with Gasteiger partial charge in [-0.3, -0.25) is 0 Å². The summed E-state index contributed by atoms with van der Waals surface area (Å²) in [4.78, 5) is 0. The molecule has 3 rings (SSSR count). The van der Waals surface area contributed by atoms with Crippen LogP contribution >= 0.6 is 12.2 Å². The van der Waals surface area contributed by atoms with Gasteiger partial charge in [-0.05, 0) is 30.4 Å². The second-order valence-electron chi connectivity index (χ2n) is 4.47. The Morgan fingerprint density at radius 2 is 2.00 bits per heavy atom. The van der Waals surface area contributed by atoms with Gasteiger partial charge in [0.1, 0.15) is 0 Å². The molecule has 118 valence electrons. The van der Waals surface area contributed by atoms with Gasteiger partial charge < -0.3 is 4.42 Å². The third-order valence-corrected chi connectivity index (χ3v) is 3.23. The predicted molar refractivity (Wildman–Crippen MR) is 79.5 cm³/mol. The van der Waals surface area contributed by atoms with Crippen LogP contribution in [0.1, 0.15) is 11.1 Å². The molecule has 0 aliphatic rings. The van der Waals surface area contributed by atoms with Crippen molar-refractivity contribution in [2.45, 2.75) is 6.18 Å². The Morgan fingerprint density at radius 3 is 2.70 bits per heavy atom. The van der Waals surface area contributed by atoms with Crippen LogP contribution in [0, 0.1) is 4.77 Å². The molecule has 1 N–H and O–H groups in total. The summed E-state index contributed by atoms with van der Waals surface area (Å²) in [5, 5.41) is 10.5. The van der Waals surface area contributed by atoms with E-state index in [1.165, 1.54) is 29.1 Å². The molecule has 2 aromatic heterocycles. The van der Waals surface area contributed by atoms with Gasteiger partial charge in [-0.2, -0.15) is 22.9 Å². The number of nitrogens with one attached hydrogen (secondary N) is 1. The largest absolute Gasteiger partial charge is 0.461 e. The van der Waals surface area contributed by atoms with Crippen LogP contribution in [-0.2, 0) is 6.18 Å². The van der Waals surface area contributed by atoms with E-state index in [2.05, 4.69) is 15.3 Å². The van der Waals surface area contributed by atoms with Gasteiger partial charge in [-0.1, -0.05) is 18.2 Å². The normalized spacial score (nSPS) is 12.1. The van der Waals surface area contributed by atoms with E-state index in [0.29, 0.717) is 5.76 Å². The summed E-state index contributed by atoms with van der Waals surface area (Å²) in [7, 11) is 0. The molecular formula is C14H9F3N4OS. The van der Waals surface area contributed by atoms with Crippen molar-refractivity contribution in [3.63, 3.8) is 0 Å². The molecule has 1 aromatic carbocycles. The van der Waals surface area contributed by atoms with Crippen LogP contribution in [0.2, 0.25) is 0 Å². The van der Waals surface area contributed by atoms with Crippen LogP contribution in [-0.4, -0.2) is 21.1 Å². The lowest BCUT2D eigenvalue weighted by molar-refractivity contribution is -0.137. The van der Waals surface area contributed by atoms with Gasteiger partial charge >= 0.3 is 6.18 Å². The molecule has 3 aromatic rings. The van der Waals surface area contributed by atoms with Gasteiger partial charge in [0.2, 0.25) is 10.6 Å². The smallest absolute Gasteiger partial charge is 0.417 e. The second-order valence-corrected chi connectivity index (χ2v) is 4.86. The number of alkyl halides is 3. The molecule has 0 fully saturated rings. The van der Waals surface area contributed by atoms with Crippen LogP contribution in [0.4, 0.5) is 13.2 Å². The molecule has 0 spiro atoms. The van der Waals surface area contributed by atoms with E-state index >= 15 is 0 Å². The van der Waals surface area contributed by atoms with E-state index in [4.69, 9.17) is 16.6 Å². The summed E-state index contributed by atoms with van der Waals surface area (Å²) in [6.07, 6.45) is -1.94. The Morgan fingerprint density at radius 1 is 1.22 bits per heavy atom. The lowest BCUT2D eigenvalue weighted by Gasteiger charge is -2.09. The van der Waals surface area contributed by atoms with E-state index < -0.39 is 11.7 Å². The van der Waals surface area contributed by atoms with Crippen LogP contribution < -0.4 is 0 Å². The molecule has 23 heavy (non-hydrogen) atoms. The molecule has 2 heterocycles. The lowest BCUT2D eigenvalue weighted by atomic mass is 10.1. The van der Waals surface area contributed by atoms with Crippen LogP contribution in [0.5, 0.6) is 0 Å². The summed E-state index contributed by atoms with van der Waals surface area (Å²) >= 11 is 5.04. The number of aromatic amines is 1. The van der Waals surface area contributed by atoms with E-state index in [0.717, 1.165) is 12.3 Å². The number of hydrogen-bond donors (Lipinski definition) is 1. The van der Waals surface area contributed by atoms with Gasteiger partial charge in [0.15, 0.2) is 5.76 Å². The van der Waals surface area contributed by atoms with Gasteiger partial charge in [0.25, 0.3) is 0 Å². The van der Waals surface area contributed by atoms with Gasteiger partial charge in [-0.15, -0.1) is 5.10 Å². The first kappa shape index (κ1) is 15.2. The van der Waals surface area contributed by atoms with E-state index in [1.807, 2.05) is 0 Å². The Bertz CT molecular complexity index is 893. The number of nitrogens with zero attached hydrogens (tertiary/aromatic N) is 3. The molecule has 0 aliphatic carbocycles. The van der Waals surface area contributed by atoms with Gasteiger partial charge in [0.05, 0.1) is 18.0 Å². The van der Waals surface area contributed by atoms with Crippen molar-refractivity contribution in [1.82, 2.24) is 14.9 Å². The van der Waals surface area contributed by atoms with Crippen LogP contribution in [0.15, 0.2) is 52.2 Å². The van der Waals surface area contributed by atoms with Crippen molar-refractivity contribution in [3.8, 4) is 11.6 Å². The Labute approximate surface area is 133 Å². The zero-order chi connectivity index (χ0) is 16.4. The number of furan rings is 1. The summed E-state index contributed by atoms with van der Waals surface area (Å²) in [5.41, 5.74) is -0.855. The van der Waals surface area contributed by atoms with Crippen molar-refractivity contribution < 1.29 is 17.6 Å². The quantitative estimate of drug-likeness (QED) is 0.578. The fourth-order valence-electron chi connectivity index (χ4n) is 1.95. The molecule has 0 saturated heterocycles. The third kappa shape index (κ3) is 3.09. The highest BCUT2D eigenvalue weighted by Gasteiger charge is 2.32. The molecule has 0 amide bonds. The summed E-state index contributed by atoms with van der Waals surface area (Å²) in [6, 6.07) is 8.42. The minimum Gasteiger partial charge on any atom is -0.461 e. The van der Waals surface area contributed by atoms with Crippen molar-refractivity contribution in [3.05, 3.63) is 58.6 Å². The topological polar surface area (TPSA) is 59.1 Å². The summed E-state index contributed by atoms with van der Waals surface area (Å²) in [5.74, 6) is 0.652.